The maximum absolute atomic E-state index is 14.2. The summed E-state index contributed by atoms with van der Waals surface area (Å²) in [6.45, 7) is 0.906. The third-order valence-electron chi connectivity index (χ3n) is 6.95. The lowest BCUT2D eigenvalue weighted by Gasteiger charge is -2.23. The van der Waals surface area contributed by atoms with Crippen LogP contribution in [0.3, 0.4) is 0 Å². The molecule has 1 atom stereocenters. The van der Waals surface area contributed by atoms with E-state index in [0.717, 1.165) is 10.7 Å². The number of ether oxygens (including phenoxy) is 1. The summed E-state index contributed by atoms with van der Waals surface area (Å²) in [6.07, 6.45) is -4.55. The third-order valence-corrected chi connectivity index (χ3v) is 6.95. The zero-order valence-electron chi connectivity index (χ0n) is 20.5. The summed E-state index contributed by atoms with van der Waals surface area (Å²) < 4.78 is 62.5. The van der Waals surface area contributed by atoms with Crippen LogP contribution in [0.5, 0.6) is 5.75 Å². The SMILES string of the molecule is COc1cc(-c2nn(-c3cc(N4CC[C@H](O)C4)ccc3C(F)(F)F)c(=O)c3c2CCN3CCO)ccc1F. The molecule has 2 aliphatic heterocycles. The largest absolute Gasteiger partial charge is 0.494 e. The Balaban J connectivity index is 1.78. The molecule has 0 aliphatic carbocycles. The van der Waals surface area contributed by atoms with Crippen molar-refractivity contribution in [2.24, 2.45) is 0 Å². The molecule has 0 spiro atoms. The summed E-state index contributed by atoms with van der Waals surface area (Å²) in [5.41, 5.74) is -0.632. The first kappa shape index (κ1) is 26.0. The topological polar surface area (TPSA) is 91.1 Å². The third kappa shape index (κ3) is 4.58. The van der Waals surface area contributed by atoms with Crippen molar-refractivity contribution < 1.29 is 32.5 Å². The van der Waals surface area contributed by atoms with E-state index in [2.05, 4.69) is 5.10 Å². The number of alkyl halides is 3. The molecule has 0 amide bonds. The molecule has 1 aromatic heterocycles. The van der Waals surface area contributed by atoms with Crippen molar-refractivity contribution in [3.8, 4) is 22.7 Å². The predicted molar refractivity (Wildman–Crippen MR) is 133 cm³/mol. The normalized spacial score (nSPS) is 17.3. The van der Waals surface area contributed by atoms with E-state index in [1.807, 2.05) is 0 Å². The molecule has 1 saturated heterocycles. The molecule has 0 saturated carbocycles. The van der Waals surface area contributed by atoms with Gasteiger partial charge in [-0.15, -0.1) is 0 Å². The number of anilines is 2. The second kappa shape index (κ2) is 9.91. The second-order valence-corrected chi connectivity index (χ2v) is 9.29. The average molecular weight is 535 g/mol. The molecule has 5 rings (SSSR count). The Morgan fingerprint density at radius 2 is 1.95 bits per heavy atom. The first-order valence-electron chi connectivity index (χ1n) is 12.1. The van der Waals surface area contributed by atoms with Crippen LogP contribution in [0.25, 0.3) is 16.9 Å². The Kier molecular flexibility index (Phi) is 6.78. The highest BCUT2D eigenvalue weighted by Crippen LogP contribution is 2.38. The fourth-order valence-corrected chi connectivity index (χ4v) is 5.12. The molecule has 0 bridgehead atoms. The molecular formula is C26H26F4N4O4. The van der Waals surface area contributed by atoms with E-state index in [-0.39, 0.29) is 36.8 Å². The highest BCUT2D eigenvalue weighted by Gasteiger charge is 2.37. The molecule has 2 N–H and O–H groups in total. The number of benzene rings is 2. The zero-order valence-corrected chi connectivity index (χ0v) is 20.5. The Labute approximate surface area is 215 Å². The average Bonchev–Trinajstić information content (AvgIpc) is 3.51. The number of methoxy groups -OCH3 is 1. The summed E-state index contributed by atoms with van der Waals surface area (Å²) in [6, 6.07) is 7.45. The van der Waals surface area contributed by atoms with Crippen LogP contribution in [0.15, 0.2) is 41.2 Å². The van der Waals surface area contributed by atoms with Gasteiger partial charge in [0.25, 0.3) is 5.56 Å². The van der Waals surface area contributed by atoms with Crippen LogP contribution >= 0.6 is 0 Å². The Morgan fingerprint density at radius 1 is 1.16 bits per heavy atom. The summed E-state index contributed by atoms with van der Waals surface area (Å²) in [5, 5.41) is 23.9. The van der Waals surface area contributed by atoms with Crippen molar-refractivity contribution in [2.45, 2.75) is 25.1 Å². The molecule has 12 heteroatoms. The van der Waals surface area contributed by atoms with E-state index in [1.165, 1.54) is 37.4 Å². The summed E-state index contributed by atoms with van der Waals surface area (Å²) in [4.78, 5) is 17.1. The minimum absolute atomic E-state index is 0.0772. The van der Waals surface area contributed by atoms with Gasteiger partial charge in [-0.2, -0.15) is 23.0 Å². The van der Waals surface area contributed by atoms with Gasteiger partial charge in [-0.3, -0.25) is 4.79 Å². The summed E-state index contributed by atoms with van der Waals surface area (Å²) in [5.74, 6) is -0.699. The number of hydrogen-bond donors (Lipinski definition) is 2. The van der Waals surface area contributed by atoms with E-state index >= 15 is 0 Å². The maximum Gasteiger partial charge on any atom is 0.418 e. The Hall–Kier alpha value is -3.64. The number of halogens is 4. The van der Waals surface area contributed by atoms with Crippen LogP contribution in [0.4, 0.5) is 28.9 Å². The van der Waals surface area contributed by atoms with Gasteiger partial charge in [-0.05, 0) is 49.2 Å². The van der Waals surface area contributed by atoms with Gasteiger partial charge >= 0.3 is 6.18 Å². The summed E-state index contributed by atoms with van der Waals surface area (Å²) >= 11 is 0. The smallest absolute Gasteiger partial charge is 0.418 e. The van der Waals surface area contributed by atoms with Crippen LogP contribution in [0, 0.1) is 5.82 Å². The Morgan fingerprint density at radius 3 is 2.61 bits per heavy atom. The van der Waals surface area contributed by atoms with Gasteiger partial charge in [0.05, 0.1) is 36.8 Å². The fourth-order valence-electron chi connectivity index (χ4n) is 5.12. The number of hydrogen-bond acceptors (Lipinski definition) is 7. The number of β-amino-alcohol motifs (C(OH)–C–C–N with tert-alkyl or cyclic N) is 2. The van der Waals surface area contributed by atoms with Crippen LogP contribution < -0.4 is 20.1 Å². The highest BCUT2D eigenvalue weighted by atomic mass is 19.4. The van der Waals surface area contributed by atoms with Gasteiger partial charge in [-0.25, -0.2) is 4.39 Å². The van der Waals surface area contributed by atoms with Gasteiger partial charge in [0, 0.05) is 43.0 Å². The summed E-state index contributed by atoms with van der Waals surface area (Å²) in [7, 11) is 1.29. The van der Waals surface area contributed by atoms with E-state index in [4.69, 9.17) is 4.74 Å². The maximum atomic E-state index is 14.2. The molecule has 1 fully saturated rings. The van der Waals surface area contributed by atoms with Crippen molar-refractivity contribution in [2.75, 3.05) is 49.7 Å². The molecule has 2 aromatic carbocycles. The van der Waals surface area contributed by atoms with Gasteiger partial charge < -0.3 is 24.7 Å². The fraction of sp³-hybridized carbons (Fsp3) is 0.385. The van der Waals surface area contributed by atoms with Crippen molar-refractivity contribution in [1.82, 2.24) is 9.78 Å². The highest BCUT2D eigenvalue weighted by molar-refractivity contribution is 5.74. The van der Waals surface area contributed by atoms with Crippen LogP contribution in [-0.2, 0) is 12.6 Å². The lowest BCUT2D eigenvalue weighted by molar-refractivity contribution is -0.137. The molecule has 3 heterocycles. The number of nitrogens with zero attached hydrogens (tertiary/aromatic N) is 4. The number of aromatic nitrogens is 2. The lowest BCUT2D eigenvalue weighted by Crippen LogP contribution is -2.33. The van der Waals surface area contributed by atoms with Crippen LogP contribution in [0.2, 0.25) is 0 Å². The first-order valence-corrected chi connectivity index (χ1v) is 12.1. The van der Waals surface area contributed by atoms with Gasteiger partial charge in [0.15, 0.2) is 11.6 Å². The number of fused-ring (bicyclic) bond motifs is 1. The second-order valence-electron chi connectivity index (χ2n) is 9.29. The van der Waals surface area contributed by atoms with Crippen LogP contribution in [-0.4, -0.2) is 66.0 Å². The van der Waals surface area contributed by atoms with E-state index in [1.54, 1.807) is 9.80 Å². The number of aliphatic hydroxyl groups is 2. The van der Waals surface area contributed by atoms with Crippen molar-refractivity contribution in [3.05, 3.63) is 63.7 Å². The molecule has 0 radical (unpaired) electrons. The molecule has 0 unspecified atom stereocenters. The zero-order chi connectivity index (χ0) is 27.2. The molecular weight excluding hydrogens is 508 g/mol. The van der Waals surface area contributed by atoms with E-state index in [9.17, 15) is 32.6 Å². The molecule has 2 aliphatic rings. The van der Waals surface area contributed by atoms with Gasteiger partial charge in [0.1, 0.15) is 5.69 Å². The van der Waals surface area contributed by atoms with Crippen molar-refractivity contribution in [3.63, 3.8) is 0 Å². The molecule has 38 heavy (non-hydrogen) atoms. The standard InChI is InChI=1S/C26H26F4N4O4/c1-38-22-12-15(2-5-20(22)27)23-18-7-9-32(10-11-35)24(18)25(37)34(31-23)21-13-16(33-8-6-17(36)14-33)3-4-19(21)26(28,29)30/h2-5,12-13,17,35-36H,6-11,14H2,1H3/t17-/m0/s1. The van der Waals surface area contributed by atoms with Gasteiger partial charge in [-0.1, -0.05) is 0 Å². The molecule has 8 nitrogen and oxygen atoms in total. The Bertz CT molecular complexity index is 1430. The molecule has 3 aromatic rings. The number of rotatable bonds is 6. The van der Waals surface area contributed by atoms with E-state index < -0.39 is 34.9 Å². The molecule has 202 valence electrons. The first-order chi connectivity index (χ1) is 18.1. The minimum Gasteiger partial charge on any atom is -0.494 e. The minimum atomic E-state index is -4.79. The van der Waals surface area contributed by atoms with Crippen LogP contribution in [0.1, 0.15) is 17.5 Å². The predicted octanol–water partition coefficient (Wildman–Crippen LogP) is 2.99. The monoisotopic (exact) mass is 534 g/mol. The van der Waals surface area contributed by atoms with Gasteiger partial charge in [0.2, 0.25) is 0 Å². The van der Waals surface area contributed by atoms with Crippen molar-refractivity contribution >= 4 is 11.4 Å². The number of aliphatic hydroxyl groups excluding tert-OH is 2. The lowest BCUT2D eigenvalue weighted by atomic mass is 10.0. The van der Waals surface area contributed by atoms with Crippen molar-refractivity contribution in [1.29, 1.82) is 0 Å². The van der Waals surface area contributed by atoms with E-state index in [0.29, 0.717) is 42.7 Å². The quantitative estimate of drug-likeness (QED) is 0.470.